The van der Waals surface area contributed by atoms with E-state index in [0.717, 1.165) is 33.1 Å². The molecule has 0 spiro atoms. The number of benzene rings is 1. The quantitative estimate of drug-likeness (QED) is 0.554. The zero-order valence-electron chi connectivity index (χ0n) is 20.7. The van der Waals surface area contributed by atoms with Gasteiger partial charge in [0.05, 0.1) is 29.8 Å². The van der Waals surface area contributed by atoms with Crippen molar-refractivity contribution < 1.29 is 14.3 Å². The van der Waals surface area contributed by atoms with Crippen molar-refractivity contribution in [1.29, 1.82) is 0 Å². The lowest BCUT2D eigenvalue weighted by atomic mass is 9.90. The third kappa shape index (κ3) is 5.48. The Morgan fingerprint density at radius 1 is 1.20 bits per heavy atom. The molecule has 2 aromatic rings. The van der Waals surface area contributed by atoms with Gasteiger partial charge in [0.15, 0.2) is 5.17 Å². The molecule has 0 aliphatic carbocycles. The summed E-state index contributed by atoms with van der Waals surface area (Å²) in [5.74, 6) is -0.499. The van der Waals surface area contributed by atoms with Gasteiger partial charge in [-0.25, -0.2) is 9.79 Å². The summed E-state index contributed by atoms with van der Waals surface area (Å²) in [7, 11) is 0. The summed E-state index contributed by atoms with van der Waals surface area (Å²) in [5.41, 5.74) is 6.06. The largest absolute Gasteiger partial charge is 0.459 e. The van der Waals surface area contributed by atoms with Gasteiger partial charge in [-0.3, -0.25) is 9.78 Å². The Morgan fingerprint density at radius 3 is 2.69 bits per heavy atom. The number of aryl methyl sites for hydroxylation is 2. The highest BCUT2D eigenvalue weighted by molar-refractivity contribution is 8.16. The average Bonchev–Trinajstić information content (AvgIpc) is 3.19. The van der Waals surface area contributed by atoms with Gasteiger partial charge in [-0.2, -0.15) is 0 Å². The van der Waals surface area contributed by atoms with E-state index < -0.39 is 6.04 Å². The number of carbonyl (C=O) groups excluding carboxylic acids is 2. The van der Waals surface area contributed by atoms with Crippen LogP contribution in [0.15, 0.2) is 70.1 Å². The van der Waals surface area contributed by atoms with Crippen molar-refractivity contribution in [2.24, 2.45) is 4.99 Å². The summed E-state index contributed by atoms with van der Waals surface area (Å²) < 4.78 is 5.62. The molecule has 0 saturated carbocycles. The van der Waals surface area contributed by atoms with Crippen LogP contribution in [-0.4, -0.2) is 33.0 Å². The number of nitrogens with one attached hydrogen (secondary N) is 1. The molecule has 3 heterocycles. The van der Waals surface area contributed by atoms with Gasteiger partial charge < -0.3 is 15.0 Å². The highest BCUT2D eigenvalue weighted by atomic mass is 32.2. The van der Waals surface area contributed by atoms with Crippen molar-refractivity contribution >= 4 is 28.8 Å². The molecule has 0 saturated heterocycles. The standard InChI is InChI=1S/C27H30N4O3S/c1-16(2)34-26(33)24-19(5)30-27-31(25(24)22-9-8-17(3)11-18(22)4)21(15-35-27)12-23(32)29-14-20-7-6-10-28-13-20/h6-11,13,15-16,25H,12,14H2,1-5H3,(H,29,32)/t25-/m1/s1. The smallest absolute Gasteiger partial charge is 0.338 e. The molecule has 4 rings (SSSR count). The molecule has 1 aromatic heterocycles. The second-order valence-electron chi connectivity index (χ2n) is 9.02. The summed E-state index contributed by atoms with van der Waals surface area (Å²) in [6.45, 7) is 10.0. The van der Waals surface area contributed by atoms with Gasteiger partial charge in [0.1, 0.15) is 0 Å². The molecule has 8 heteroatoms. The number of fused-ring (bicyclic) bond motifs is 1. The second-order valence-corrected chi connectivity index (χ2v) is 9.86. The van der Waals surface area contributed by atoms with Crippen LogP contribution in [0.4, 0.5) is 0 Å². The molecule has 0 radical (unpaired) electrons. The molecule has 0 bridgehead atoms. The zero-order valence-corrected chi connectivity index (χ0v) is 21.5. The minimum Gasteiger partial charge on any atom is -0.459 e. The summed E-state index contributed by atoms with van der Waals surface area (Å²) >= 11 is 1.47. The van der Waals surface area contributed by atoms with Gasteiger partial charge in [0, 0.05) is 24.6 Å². The Labute approximate surface area is 210 Å². The first-order chi connectivity index (χ1) is 16.7. The summed E-state index contributed by atoms with van der Waals surface area (Å²) in [6, 6.07) is 9.54. The molecule has 2 aliphatic heterocycles. The molecular formula is C27H30N4O3S. The maximum absolute atomic E-state index is 13.3. The lowest BCUT2D eigenvalue weighted by Crippen LogP contribution is -2.38. The van der Waals surface area contributed by atoms with Crippen molar-refractivity contribution in [1.82, 2.24) is 15.2 Å². The topological polar surface area (TPSA) is 83.9 Å². The number of amidine groups is 1. The van der Waals surface area contributed by atoms with E-state index in [1.807, 2.05) is 63.1 Å². The molecule has 0 unspecified atom stereocenters. The van der Waals surface area contributed by atoms with Gasteiger partial charge in [-0.1, -0.05) is 41.6 Å². The predicted octanol–water partition coefficient (Wildman–Crippen LogP) is 4.93. The van der Waals surface area contributed by atoms with Crippen LogP contribution >= 0.6 is 11.8 Å². The van der Waals surface area contributed by atoms with Crippen LogP contribution in [0.25, 0.3) is 0 Å². The van der Waals surface area contributed by atoms with Crippen molar-refractivity contribution in [3.8, 4) is 0 Å². The van der Waals surface area contributed by atoms with Crippen molar-refractivity contribution in [2.45, 2.75) is 59.7 Å². The molecule has 1 atom stereocenters. The van der Waals surface area contributed by atoms with Crippen LogP contribution in [0, 0.1) is 13.8 Å². The number of hydrogen-bond donors (Lipinski definition) is 1. The number of hydrogen-bond acceptors (Lipinski definition) is 7. The lowest BCUT2D eigenvalue weighted by Gasteiger charge is -2.37. The van der Waals surface area contributed by atoms with Crippen molar-refractivity contribution in [3.63, 3.8) is 0 Å². The monoisotopic (exact) mass is 490 g/mol. The Kier molecular flexibility index (Phi) is 7.40. The Hall–Kier alpha value is -3.39. The molecule has 1 N–H and O–H groups in total. The predicted molar refractivity (Wildman–Crippen MR) is 138 cm³/mol. The number of allylic oxidation sites excluding steroid dienone is 1. The Balaban J connectivity index is 1.65. The van der Waals surface area contributed by atoms with Crippen molar-refractivity contribution in [2.75, 3.05) is 0 Å². The van der Waals surface area contributed by atoms with Crippen molar-refractivity contribution in [3.05, 3.63) is 87.4 Å². The van der Waals surface area contributed by atoms with E-state index in [2.05, 4.69) is 22.4 Å². The SMILES string of the molecule is CC1=C(C(=O)OC(C)C)[C@@H](c2ccc(C)cc2C)N2C(CC(=O)NCc3cccnc3)=CSC2=N1. The molecule has 182 valence electrons. The molecule has 2 aliphatic rings. The highest BCUT2D eigenvalue weighted by Crippen LogP contribution is 2.45. The number of nitrogens with zero attached hydrogens (tertiary/aromatic N) is 3. The maximum Gasteiger partial charge on any atom is 0.338 e. The number of thioether (sulfide) groups is 1. The molecular weight excluding hydrogens is 460 g/mol. The fourth-order valence-corrected chi connectivity index (χ4v) is 5.23. The van der Waals surface area contributed by atoms with Crippen LogP contribution < -0.4 is 5.32 Å². The van der Waals surface area contributed by atoms with Crippen LogP contribution in [0.5, 0.6) is 0 Å². The third-order valence-electron chi connectivity index (χ3n) is 5.84. The highest BCUT2D eigenvalue weighted by Gasteiger charge is 2.41. The number of carbonyl (C=O) groups is 2. The lowest BCUT2D eigenvalue weighted by molar-refractivity contribution is -0.143. The maximum atomic E-state index is 13.3. The normalized spacial score (nSPS) is 17.2. The van der Waals surface area contributed by atoms with E-state index in [-0.39, 0.29) is 24.4 Å². The van der Waals surface area contributed by atoms with E-state index >= 15 is 0 Å². The van der Waals surface area contributed by atoms with Gasteiger partial charge in [0.2, 0.25) is 5.91 Å². The van der Waals surface area contributed by atoms with Crippen LogP contribution in [0.2, 0.25) is 0 Å². The van der Waals surface area contributed by atoms with E-state index in [1.54, 1.807) is 12.4 Å². The second kappa shape index (κ2) is 10.5. The molecule has 1 aromatic carbocycles. The van der Waals surface area contributed by atoms with E-state index in [9.17, 15) is 9.59 Å². The van der Waals surface area contributed by atoms with Gasteiger partial charge in [0.25, 0.3) is 0 Å². The number of aromatic nitrogens is 1. The van der Waals surface area contributed by atoms with Crippen LogP contribution in [-0.2, 0) is 20.9 Å². The van der Waals surface area contributed by atoms with Gasteiger partial charge >= 0.3 is 5.97 Å². The average molecular weight is 491 g/mol. The first kappa shape index (κ1) is 24.7. The first-order valence-corrected chi connectivity index (χ1v) is 12.5. The minimum absolute atomic E-state index is 0.112. The number of pyridine rings is 1. The summed E-state index contributed by atoms with van der Waals surface area (Å²) in [6.07, 6.45) is 3.35. The number of esters is 1. The van der Waals surface area contributed by atoms with Gasteiger partial charge in [-0.15, -0.1) is 0 Å². The number of amides is 1. The fraction of sp³-hybridized carbons (Fsp3) is 0.333. The molecule has 7 nitrogen and oxygen atoms in total. The zero-order chi connectivity index (χ0) is 25.1. The van der Waals surface area contributed by atoms with Crippen LogP contribution in [0.3, 0.4) is 0 Å². The number of rotatable bonds is 7. The van der Waals surface area contributed by atoms with Crippen LogP contribution in [0.1, 0.15) is 55.5 Å². The summed E-state index contributed by atoms with van der Waals surface area (Å²) in [4.78, 5) is 37.0. The molecule has 1 amide bonds. The summed E-state index contributed by atoms with van der Waals surface area (Å²) in [5, 5.41) is 5.67. The van der Waals surface area contributed by atoms with E-state index in [0.29, 0.717) is 17.8 Å². The van der Waals surface area contributed by atoms with E-state index in [1.165, 1.54) is 11.8 Å². The number of aliphatic imine (C=N–C) groups is 1. The Morgan fingerprint density at radius 2 is 2.00 bits per heavy atom. The third-order valence-corrected chi connectivity index (χ3v) is 6.73. The minimum atomic E-state index is -0.429. The number of ether oxygens (including phenoxy) is 1. The van der Waals surface area contributed by atoms with Gasteiger partial charge in [-0.05, 0) is 62.8 Å². The molecule has 0 fully saturated rings. The fourth-order valence-electron chi connectivity index (χ4n) is 4.27. The van der Waals surface area contributed by atoms with E-state index in [4.69, 9.17) is 9.73 Å². The Bertz CT molecular complexity index is 1230. The first-order valence-electron chi connectivity index (χ1n) is 11.6. The molecule has 35 heavy (non-hydrogen) atoms.